The zero-order chi connectivity index (χ0) is 14.0. The molecule has 0 aromatic heterocycles. The van der Waals surface area contributed by atoms with Gasteiger partial charge in [0.15, 0.2) is 0 Å². The van der Waals surface area contributed by atoms with E-state index in [1.165, 1.54) is 10.4 Å². The molecular weight excluding hydrogens is 295 g/mol. The molecule has 0 spiro atoms. The zero-order valence-corrected chi connectivity index (χ0v) is 11.5. The Morgan fingerprint density at radius 3 is 2.53 bits per heavy atom. The highest BCUT2D eigenvalue weighted by molar-refractivity contribution is 7.87. The number of nitrogens with one attached hydrogen (secondary N) is 1. The average Bonchev–Trinajstić information content (AvgIpc) is 2.86. The normalized spacial score (nSPS) is 16.5. The van der Waals surface area contributed by atoms with E-state index >= 15 is 0 Å². The Morgan fingerprint density at radius 2 is 1.95 bits per heavy atom. The average molecular weight is 307 g/mol. The molecule has 1 aromatic rings. The fourth-order valence-corrected chi connectivity index (χ4v) is 3.21. The molecule has 1 aromatic carbocycles. The minimum Gasteiger partial charge on any atom is -0.268 e. The molecule has 104 valence electrons. The highest BCUT2D eigenvalue weighted by Crippen LogP contribution is 2.17. The Kier molecular flexibility index (Phi) is 4.07. The molecule has 2 rings (SSSR count). The number of carbonyl (C=O) groups is 1. The predicted molar refractivity (Wildman–Crippen MR) is 68.6 cm³/mol. The maximum atomic E-state index is 13.0. The second kappa shape index (κ2) is 5.44. The van der Waals surface area contributed by atoms with Crippen molar-refractivity contribution in [1.82, 2.24) is 9.03 Å². The summed E-state index contributed by atoms with van der Waals surface area (Å²) in [5.41, 5.74) is -0.00540. The number of benzene rings is 1. The third-order valence-corrected chi connectivity index (χ3v) is 4.59. The van der Waals surface area contributed by atoms with Crippen LogP contribution in [0.3, 0.4) is 0 Å². The molecule has 8 heteroatoms. The number of hydrogen-bond acceptors (Lipinski definition) is 3. The van der Waals surface area contributed by atoms with Crippen LogP contribution in [0, 0.1) is 5.82 Å². The summed E-state index contributed by atoms with van der Waals surface area (Å²) < 4.78 is 39.8. The van der Waals surface area contributed by atoms with Gasteiger partial charge in [-0.05, 0) is 31.0 Å². The first-order valence-electron chi connectivity index (χ1n) is 5.67. The molecule has 19 heavy (non-hydrogen) atoms. The van der Waals surface area contributed by atoms with E-state index in [9.17, 15) is 17.6 Å². The van der Waals surface area contributed by atoms with Crippen molar-refractivity contribution in [2.75, 3.05) is 13.1 Å². The van der Waals surface area contributed by atoms with E-state index in [-0.39, 0.29) is 10.6 Å². The quantitative estimate of drug-likeness (QED) is 0.921. The maximum Gasteiger partial charge on any atom is 0.304 e. The van der Waals surface area contributed by atoms with Gasteiger partial charge >= 0.3 is 10.2 Å². The van der Waals surface area contributed by atoms with Crippen LogP contribution in [0.2, 0.25) is 5.02 Å². The van der Waals surface area contributed by atoms with Crippen molar-refractivity contribution in [2.45, 2.75) is 12.8 Å². The van der Waals surface area contributed by atoms with Crippen molar-refractivity contribution in [1.29, 1.82) is 0 Å². The van der Waals surface area contributed by atoms with E-state index < -0.39 is 21.9 Å². The lowest BCUT2D eigenvalue weighted by Crippen LogP contribution is -2.42. The zero-order valence-electron chi connectivity index (χ0n) is 9.90. The monoisotopic (exact) mass is 306 g/mol. The number of amides is 1. The van der Waals surface area contributed by atoms with Crippen LogP contribution >= 0.6 is 11.6 Å². The first-order valence-corrected chi connectivity index (χ1v) is 7.49. The summed E-state index contributed by atoms with van der Waals surface area (Å²) >= 11 is 5.54. The molecule has 1 N–H and O–H groups in total. The molecule has 1 aliphatic rings. The number of halogens is 2. The number of hydrogen-bond donors (Lipinski definition) is 1. The topological polar surface area (TPSA) is 66.5 Å². The molecule has 0 atom stereocenters. The highest BCUT2D eigenvalue weighted by Gasteiger charge is 2.27. The van der Waals surface area contributed by atoms with E-state index in [1.807, 2.05) is 4.72 Å². The molecule has 0 aliphatic carbocycles. The van der Waals surface area contributed by atoms with Crippen LogP contribution in [0.5, 0.6) is 0 Å². The van der Waals surface area contributed by atoms with E-state index in [0.717, 1.165) is 25.0 Å². The lowest BCUT2D eigenvalue weighted by atomic mass is 10.2. The van der Waals surface area contributed by atoms with Gasteiger partial charge in [0.2, 0.25) is 0 Å². The van der Waals surface area contributed by atoms with Gasteiger partial charge in [0.1, 0.15) is 5.82 Å². The molecule has 1 fully saturated rings. The van der Waals surface area contributed by atoms with Crippen LogP contribution in [0.15, 0.2) is 18.2 Å². The smallest absolute Gasteiger partial charge is 0.268 e. The molecule has 0 radical (unpaired) electrons. The van der Waals surface area contributed by atoms with Crippen molar-refractivity contribution < 1.29 is 17.6 Å². The third kappa shape index (κ3) is 3.23. The summed E-state index contributed by atoms with van der Waals surface area (Å²) in [6, 6.07) is 3.28. The first kappa shape index (κ1) is 14.2. The fourth-order valence-electron chi connectivity index (χ4n) is 1.81. The van der Waals surface area contributed by atoms with Gasteiger partial charge < -0.3 is 0 Å². The van der Waals surface area contributed by atoms with Gasteiger partial charge in [0.25, 0.3) is 5.91 Å². The van der Waals surface area contributed by atoms with Crippen molar-refractivity contribution in [3.63, 3.8) is 0 Å². The summed E-state index contributed by atoms with van der Waals surface area (Å²) in [6.45, 7) is 0.791. The molecule has 1 saturated heterocycles. The van der Waals surface area contributed by atoms with Gasteiger partial charge in [0.05, 0.1) is 5.02 Å². The van der Waals surface area contributed by atoms with Crippen molar-refractivity contribution in [2.24, 2.45) is 0 Å². The Labute approximate surface area is 115 Å². The van der Waals surface area contributed by atoms with Gasteiger partial charge in [0, 0.05) is 18.7 Å². The molecule has 0 unspecified atom stereocenters. The summed E-state index contributed by atoms with van der Waals surface area (Å²) in [5, 5.41) is -0.230. The molecule has 0 saturated carbocycles. The van der Waals surface area contributed by atoms with Gasteiger partial charge in [-0.3, -0.25) is 4.79 Å². The van der Waals surface area contributed by atoms with Crippen LogP contribution < -0.4 is 4.72 Å². The summed E-state index contributed by atoms with van der Waals surface area (Å²) in [5.74, 6) is -1.49. The summed E-state index contributed by atoms with van der Waals surface area (Å²) in [4.78, 5) is 11.8. The fraction of sp³-hybridized carbons (Fsp3) is 0.364. The van der Waals surface area contributed by atoms with E-state index in [0.29, 0.717) is 13.1 Å². The Morgan fingerprint density at radius 1 is 1.32 bits per heavy atom. The standard InChI is InChI=1S/C11H12ClFN2O3S/c12-9-7-8(3-4-10(9)13)11(16)14-19(17,18)15-5-1-2-6-15/h3-4,7H,1-2,5-6H2,(H,14,16). The van der Waals surface area contributed by atoms with E-state index in [1.54, 1.807) is 0 Å². The number of nitrogens with zero attached hydrogens (tertiary/aromatic N) is 1. The molecule has 1 aliphatic heterocycles. The largest absolute Gasteiger partial charge is 0.304 e. The van der Waals surface area contributed by atoms with Crippen LogP contribution in [0.1, 0.15) is 23.2 Å². The van der Waals surface area contributed by atoms with Crippen LogP contribution in [-0.4, -0.2) is 31.7 Å². The first-order chi connectivity index (χ1) is 8.90. The maximum absolute atomic E-state index is 13.0. The van der Waals surface area contributed by atoms with Crippen molar-refractivity contribution in [3.8, 4) is 0 Å². The number of rotatable bonds is 3. The Bertz CT molecular complexity index is 600. The van der Waals surface area contributed by atoms with Gasteiger partial charge in [-0.15, -0.1) is 0 Å². The minimum atomic E-state index is -3.83. The SMILES string of the molecule is O=C(NS(=O)(=O)N1CCCC1)c1ccc(F)c(Cl)c1. The number of carbonyl (C=O) groups excluding carboxylic acids is 1. The molecular formula is C11H12ClFN2O3S. The van der Waals surface area contributed by atoms with Crippen molar-refractivity contribution in [3.05, 3.63) is 34.6 Å². The summed E-state index contributed by atoms with van der Waals surface area (Å²) in [6.07, 6.45) is 1.55. The van der Waals surface area contributed by atoms with Gasteiger partial charge in [-0.25, -0.2) is 9.11 Å². The molecule has 1 heterocycles. The highest BCUT2D eigenvalue weighted by atomic mass is 35.5. The van der Waals surface area contributed by atoms with Gasteiger partial charge in [-0.2, -0.15) is 12.7 Å². The third-order valence-electron chi connectivity index (χ3n) is 2.81. The lowest BCUT2D eigenvalue weighted by Gasteiger charge is -2.15. The van der Waals surface area contributed by atoms with Crippen molar-refractivity contribution >= 4 is 27.7 Å². The van der Waals surface area contributed by atoms with Crippen LogP contribution in [0.25, 0.3) is 0 Å². The molecule has 1 amide bonds. The molecule has 5 nitrogen and oxygen atoms in total. The van der Waals surface area contributed by atoms with E-state index in [2.05, 4.69) is 0 Å². The Hall–Kier alpha value is -1.18. The second-order valence-corrected chi connectivity index (χ2v) is 6.25. The minimum absolute atomic E-state index is 0.00540. The second-order valence-electron chi connectivity index (χ2n) is 4.17. The summed E-state index contributed by atoms with van der Waals surface area (Å²) in [7, 11) is -3.83. The Balaban J connectivity index is 2.14. The molecule has 0 bridgehead atoms. The van der Waals surface area contributed by atoms with Crippen LogP contribution in [0.4, 0.5) is 4.39 Å². The van der Waals surface area contributed by atoms with E-state index in [4.69, 9.17) is 11.6 Å². The van der Waals surface area contributed by atoms with Gasteiger partial charge in [-0.1, -0.05) is 11.6 Å². The van der Waals surface area contributed by atoms with Crippen LogP contribution in [-0.2, 0) is 10.2 Å². The lowest BCUT2D eigenvalue weighted by molar-refractivity contribution is 0.0979. The predicted octanol–water partition coefficient (Wildman–Crippen LogP) is 1.55.